The van der Waals surface area contributed by atoms with Crippen molar-refractivity contribution >= 4 is 21.8 Å². The molecule has 2 aromatic carbocycles. The number of aromatic nitrogens is 1. The zero-order valence-corrected chi connectivity index (χ0v) is 17.0. The fraction of sp³-hybridized carbons (Fsp3) is 0.333. The number of para-hydroxylation sites is 1. The molecule has 0 radical (unpaired) electrons. The zero-order chi connectivity index (χ0) is 19.6. The molecule has 0 unspecified atom stereocenters. The smallest absolute Gasteiger partial charge is 0.125 e. The summed E-state index contributed by atoms with van der Waals surface area (Å²) in [6.45, 7) is 13.6. The third-order valence-corrected chi connectivity index (χ3v) is 4.24. The SMILES string of the molecule is C=CCc1c(OC/C=C/CNC(C)C)ccc2c1[nH]c1ccccc12.CC. The summed E-state index contributed by atoms with van der Waals surface area (Å²) in [6.07, 6.45) is 6.87. The van der Waals surface area contributed by atoms with Crippen LogP contribution < -0.4 is 10.1 Å². The molecule has 27 heavy (non-hydrogen) atoms. The second kappa shape index (κ2) is 10.6. The Morgan fingerprint density at radius 2 is 1.85 bits per heavy atom. The molecule has 0 aliphatic carbocycles. The van der Waals surface area contributed by atoms with Gasteiger partial charge in [-0.15, -0.1) is 6.58 Å². The molecule has 0 atom stereocenters. The molecule has 1 heterocycles. The number of H-pyrrole nitrogens is 1. The molecule has 0 saturated heterocycles. The van der Waals surface area contributed by atoms with Gasteiger partial charge in [-0.1, -0.05) is 64.1 Å². The lowest BCUT2D eigenvalue weighted by Gasteiger charge is -2.10. The van der Waals surface area contributed by atoms with Crippen molar-refractivity contribution in [2.75, 3.05) is 13.2 Å². The van der Waals surface area contributed by atoms with Crippen LogP contribution in [0.1, 0.15) is 33.3 Å². The van der Waals surface area contributed by atoms with E-state index in [-0.39, 0.29) is 0 Å². The van der Waals surface area contributed by atoms with Gasteiger partial charge >= 0.3 is 0 Å². The van der Waals surface area contributed by atoms with Crippen LogP contribution in [0.4, 0.5) is 0 Å². The maximum atomic E-state index is 6.02. The largest absolute Gasteiger partial charge is 0.489 e. The summed E-state index contributed by atoms with van der Waals surface area (Å²) < 4.78 is 6.02. The van der Waals surface area contributed by atoms with E-state index in [0.29, 0.717) is 12.6 Å². The minimum Gasteiger partial charge on any atom is -0.489 e. The van der Waals surface area contributed by atoms with Gasteiger partial charge in [-0.25, -0.2) is 0 Å². The lowest BCUT2D eigenvalue weighted by Crippen LogP contribution is -2.22. The summed E-state index contributed by atoms with van der Waals surface area (Å²) in [5.74, 6) is 0.917. The molecular formula is C24H32N2O. The first kappa shape index (κ1) is 20.8. The van der Waals surface area contributed by atoms with Crippen molar-refractivity contribution in [1.82, 2.24) is 10.3 Å². The second-order valence-electron chi connectivity index (χ2n) is 6.47. The van der Waals surface area contributed by atoms with Crippen molar-refractivity contribution in [1.29, 1.82) is 0 Å². The van der Waals surface area contributed by atoms with Crippen molar-refractivity contribution in [2.24, 2.45) is 0 Å². The van der Waals surface area contributed by atoms with Gasteiger partial charge in [0, 0.05) is 34.4 Å². The highest BCUT2D eigenvalue weighted by Gasteiger charge is 2.12. The van der Waals surface area contributed by atoms with E-state index in [1.54, 1.807) is 0 Å². The maximum Gasteiger partial charge on any atom is 0.125 e. The van der Waals surface area contributed by atoms with Crippen LogP contribution in [0.25, 0.3) is 21.8 Å². The summed E-state index contributed by atoms with van der Waals surface area (Å²) in [4.78, 5) is 3.54. The van der Waals surface area contributed by atoms with Gasteiger partial charge in [-0.05, 0) is 24.6 Å². The molecule has 0 fully saturated rings. The molecule has 144 valence electrons. The Balaban J connectivity index is 0.00000126. The fourth-order valence-corrected chi connectivity index (χ4v) is 3.03. The number of aromatic amines is 1. The van der Waals surface area contributed by atoms with E-state index in [9.17, 15) is 0 Å². The van der Waals surface area contributed by atoms with E-state index < -0.39 is 0 Å². The number of nitrogens with one attached hydrogen (secondary N) is 2. The van der Waals surface area contributed by atoms with Crippen molar-refractivity contribution in [2.45, 2.75) is 40.2 Å². The molecule has 0 amide bonds. The van der Waals surface area contributed by atoms with E-state index in [1.807, 2.05) is 19.9 Å². The average Bonchev–Trinajstić information content (AvgIpc) is 3.06. The molecule has 3 aromatic rings. The third kappa shape index (κ3) is 5.24. The Morgan fingerprint density at radius 3 is 2.59 bits per heavy atom. The van der Waals surface area contributed by atoms with Gasteiger partial charge < -0.3 is 15.0 Å². The Labute approximate surface area is 163 Å². The quantitative estimate of drug-likeness (QED) is 0.480. The van der Waals surface area contributed by atoms with E-state index in [0.717, 1.165) is 35.3 Å². The second-order valence-corrected chi connectivity index (χ2v) is 6.47. The predicted molar refractivity (Wildman–Crippen MR) is 119 cm³/mol. The number of hydrogen-bond acceptors (Lipinski definition) is 2. The minimum atomic E-state index is 0.495. The molecule has 3 rings (SSSR count). The molecule has 0 saturated carbocycles. The number of hydrogen-bond donors (Lipinski definition) is 2. The average molecular weight is 365 g/mol. The Bertz CT molecular complexity index is 890. The molecule has 3 nitrogen and oxygen atoms in total. The monoisotopic (exact) mass is 364 g/mol. The summed E-state index contributed by atoms with van der Waals surface area (Å²) in [5, 5.41) is 5.83. The molecule has 1 aromatic heterocycles. The van der Waals surface area contributed by atoms with E-state index in [2.05, 4.69) is 79.3 Å². The fourth-order valence-electron chi connectivity index (χ4n) is 3.03. The van der Waals surface area contributed by atoms with Crippen LogP contribution in [0.3, 0.4) is 0 Å². The topological polar surface area (TPSA) is 37.0 Å². The standard InChI is InChI=1S/C22H26N2O.C2H6/c1-4-9-19-21(25-15-8-7-14-23-16(2)3)13-12-18-17-10-5-6-11-20(17)24-22(18)19;1-2/h4-8,10-13,16,23-24H,1,9,14-15H2,2-3H3;1-2H3/b8-7+;. The number of rotatable bonds is 8. The van der Waals surface area contributed by atoms with Gasteiger partial charge in [0.15, 0.2) is 0 Å². The number of allylic oxidation sites excluding steroid dienone is 1. The summed E-state index contributed by atoms with van der Waals surface area (Å²) in [7, 11) is 0. The van der Waals surface area contributed by atoms with Gasteiger partial charge in [-0.3, -0.25) is 0 Å². The van der Waals surface area contributed by atoms with E-state index >= 15 is 0 Å². The van der Waals surface area contributed by atoms with Crippen LogP contribution in [-0.2, 0) is 6.42 Å². The van der Waals surface area contributed by atoms with Crippen molar-refractivity contribution < 1.29 is 4.74 Å². The zero-order valence-electron chi connectivity index (χ0n) is 17.0. The summed E-state index contributed by atoms with van der Waals surface area (Å²) in [6, 6.07) is 13.1. The molecule has 2 N–H and O–H groups in total. The van der Waals surface area contributed by atoms with E-state index in [4.69, 9.17) is 4.74 Å². The van der Waals surface area contributed by atoms with Crippen LogP contribution in [0.5, 0.6) is 5.75 Å². The molecule has 0 bridgehead atoms. The Morgan fingerprint density at radius 1 is 1.07 bits per heavy atom. The molecule has 0 aliphatic heterocycles. The third-order valence-electron chi connectivity index (χ3n) is 4.24. The first-order valence-corrected chi connectivity index (χ1v) is 9.85. The molecule has 0 spiro atoms. The number of ether oxygens (including phenoxy) is 1. The Hall–Kier alpha value is -2.52. The Kier molecular flexibility index (Phi) is 8.15. The highest BCUT2D eigenvalue weighted by Crippen LogP contribution is 2.33. The van der Waals surface area contributed by atoms with Gasteiger partial charge in [0.2, 0.25) is 0 Å². The van der Waals surface area contributed by atoms with E-state index in [1.165, 1.54) is 10.8 Å². The summed E-state index contributed by atoms with van der Waals surface area (Å²) in [5.41, 5.74) is 3.46. The van der Waals surface area contributed by atoms with Gasteiger partial charge in [-0.2, -0.15) is 0 Å². The van der Waals surface area contributed by atoms with Gasteiger partial charge in [0.1, 0.15) is 12.4 Å². The lowest BCUT2D eigenvalue weighted by atomic mass is 10.1. The van der Waals surface area contributed by atoms with Gasteiger partial charge in [0.25, 0.3) is 0 Å². The molecule has 3 heteroatoms. The van der Waals surface area contributed by atoms with Crippen molar-refractivity contribution in [3.8, 4) is 5.75 Å². The summed E-state index contributed by atoms with van der Waals surface area (Å²) >= 11 is 0. The van der Waals surface area contributed by atoms with Crippen molar-refractivity contribution in [3.63, 3.8) is 0 Å². The number of benzene rings is 2. The first-order valence-electron chi connectivity index (χ1n) is 9.85. The van der Waals surface area contributed by atoms with Crippen LogP contribution >= 0.6 is 0 Å². The maximum absolute atomic E-state index is 6.02. The lowest BCUT2D eigenvalue weighted by molar-refractivity contribution is 0.359. The highest BCUT2D eigenvalue weighted by molar-refractivity contribution is 6.08. The normalized spacial score (nSPS) is 11.1. The molecule has 0 aliphatic rings. The van der Waals surface area contributed by atoms with Crippen LogP contribution in [0, 0.1) is 0 Å². The van der Waals surface area contributed by atoms with Gasteiger partial charge in [0.05, 0.1) is 5.52 Å². The highest BCUT2D eigenvalue weighted by atomic mass is 16.5. The minimum absolute atomic E-state index is 0.495. The van der Waals surface area contributed by atoms with Crippen LogP contribution in [0.2, 0.25) is 0 Å². The number of fused-ring (bicyclic) bond motifs is 3. The predicted octanol–water partition coefficient (Wildman–Crippen LogP) is 6.01. The van der Waals surface area contributed by atoms with Crippen LogP contribution in [-0.4, -0.2) is 24.2 Å². The molecular weight excluding hydrogens is 332 g/mol. The van der Waals surface area contributed by atoms with Crippen molar-refractivity contribution in [3.05, 3.63) is 66.8 Å². The van der Waals surface area contributed by atoms with Crippen LogP contribution in [0.15, 0.2) is 61.2 Å². The first-order chi connectivity index (χ1) is 13.2.